The van der Waals surface area contributed by atoms with Gasteiger partial charge in [0, 0.05) is 5.41 Å². The molecule has 0 unspecified atom stereocenters. The maximum absolute atomic E-state index is 11.0. The smallest absolute Gasteiger partial charge is 0.172 e. The summed E-state index contributed by atoms with van der Waals surface area (Å²) in [6, 6.07) is 3.42. The summed E-state index contributed by atoms with van der Waals surface area (Å²) in [6.45, 7) is 5.93. The summed E-state index contributed by atoms with van der Waals surface area (Å²) in [4.78, 5) is 11.0. The van der Waals surface area contributed by atoms with Crippen molar-refractivity contribution in [2.24, 2.45) is 0 Å². The predicted octanol–water partition coefficient (Wildman–Crippen LogP) is 3.03. The van der Waals surface area contributed by atoms with Gasteiger partial charge in [0.15, 0.2) is 11.5 Å². The number of rotatable bonds is 4. The zero-order chi connectivity index (χ0) is 12.3. The molecule has 88 valence electrons. The molecule has 0 amide bonds. The first-order valence-corrected chi connectivity index (χ1v) is 5.83. The highest BCUT2D eigenvalue weighted by atomic mass is 79.9. The molecule has 0 atom stereocenters. The molecule has 0 spiro atoms. The van der Waals surface area contributed by atoms with Gasteiger partial charge in [-0.2, -0.15) is 0 Å². The van der Waals surface area contributed by atoms with Crippen molar-refractivity contribution >= 4 is 22.2 Å². The lowest BCUT2D eigenvalue weighted by atomic mass is 9.86. The van der Waals surface area contributed by atoms with Gasteiger partial charge in [-0.3, -0.25) is 0 Å². The second-order valence-corrected chi connectivity index (χ2v) is 4.93. The van der Waals surface area contributed by atoms with Crippen LogP contribution in [0.25, 0.3) is 0 Å². The Morgan fingerprint density at radius 2 is 2.12 bits per heavy atom. The number of aromatic hydroxyl groups is 1. The largest absolute Gasteiger partial charge is 0.503 e. The molecule has 4 heteroatoms. The average Bonchev–Trinajstić information content (AvgIpc) is 2.24. The molecule has 0 aliphatic rings. The molecule has 1 aromatic rings. The number of hydrogen-bond donors (Lipinski definition) is 1. The SMILES string of the molecule is CCOc1cc(C(C)(C)C=O)cc(Br)c1O. The number of phenols is 1. The second kappa shape index (κ2) is 4.87. The first-order valence-electron chi connectivity index (χ1n) is 5.04. The van der Waals surface area contributed by atoms with Crippen molar-refractivity contribution < 1.29 is 14.6 Å². The molecule has 1 N–H and O–H groups in total. The lowest BCUT2D eigenvalue weighted by Gasteiger charge is -2.19. The van der Waals surface area contributed by atoms with E-state index in [-0.39, 0.29) is 5.75 Å². The van der Waals surface area contributed by atoms with Crippen molar-refractivity contribution in [1.29, 1.82) is 0 Å². The number of ether oxygens (including phenoxy) is 1. The third kappa shape index (κ3) is 2.55. The van der Waals surface area contributed by atoms with Crippen LogP contribution in [-0.2, 0) is 10.2 Å². The van der Waals surface area contributed by atoms with Crippen LogP contribution in [0.15, 0.2) is 16.6 Å². The number of carbonyl (C=O) groups excluding carboxylic acids is 1. The van der Waals surface area contributed by atoms with Crippen LogP contribution in [0.1, 0.15) is 26.3 Å². The van der Waals surface area contributed by atoms with Crippen molar-refractivity contribution in [1.82, 2.24) is 0 Å². The molecule has 16 heavy (non-hydrogen) atoms. The van der Waals surface area contributed by atoms with E-state index in [1.54, 1.807) is 12.1 Å². The fraction of sp³-hybridized carbons (Fsp3) is 0.417. The third-order valence-corrected chi connectivity index (χ3v) is 2.97. The van der Waals surface area contributed by atoms with Crippen molar-refractivity contribution in [3.05, 3.63) is 22.2 Å². The van der Waals surface area contributed by atoms with Crippen LogP contribution in [0.5, 0.6) is 11.5 Å². The van der Waals surface area contributed by atoms with E-state index in [4.69, 9.17) is 4.74 Å². The Morgan fingerprint density at radius 1 is 1.50 bits per heavy atom. The molecule has 0 saturated carbocycles. The minimum absolute atomic E-state index is 0.0623. The summed E-state index contributed by atoms with van der Waals surface area (Å²) < 4.78 is 5.83. The van der Waals surface area contributed by atoms with Crippen LogP contribution in [0.3, 0.4) is 0 Å². The zero-order valence-corrected chi connectivity index (χ0v) is 11.2. The molecule has 0 saturated heterocycles. The maximum Gasteiger partial charge on any atom is 0.172 e. The molecule has 0 heterocycles. The fourth-order valence-corrected chi connectivity index (χ4v) is 1.72. The Kier molecular flexibility index (Phi) is 3.97. The minimum Gasteiger partial charge on any atom is -0.503 e. The van der Waals surface area contributed by atoms with Gasteiger partial charge in [0.1, 0.15) is 6.29 Å². The molecule has 1 aromatic carbocycles. The number of hydrogen-bond acceptors (Lipinski definition) is 3. The van der Waals surface area contributed by atoms with Crippen LogP contribution in [0.2, 0.25) is 0 Å². The van der Waals surface area contributed by atoms with Crippen LogP contribution >= 0.6 is 15.9 Å². The molecule has 0 aliphatic carbocycles. The number of phenolic OH excluding ortho intramolecular Hbond substituents is 1. The van der Waals surface area contributed by atoms with Gasteiger partial charge in [-0.15, -0.1) is 0 Å². The molecule has 0 fully saturated rings. The maximum atomic E-state index is 11.0. The van der Waals surface area contributed by atoms with E-state index in [9.17, 15) is 9.90 Å². The van der Waals surface area contributed by atoms with Gasteiger partial charge in [-0.1, -0.05) is 0 Å². The van der Waals surface area contributed by atoms with Crippen molar-refractivity contribution in [3.63, 3.8) is 0 Å². The van der Waals surface area contributed by atoms with Gasteiger partial charge < -0.3 is 14.6 Å². The van der Waals surface area contributed by atoms with Gasteiger partial charge in [0.05, 0.1) is 11.1 Å². The molecular formula is C12H15BrO3. The fourth-order valence-electron chi connectivity index (χ4n) is 1.28. The van der Waals surface area contributed by atoms with E-state index in [0.717, 1.165) is 11.8 Å². The zero-order valence-electron chi connectivity index (χ0n) is 9.58. The van der Waals surface area contributed by atoms with Gasteiger partial charge >= 0.3 is 0 Å². The van der Waals surface area contributed by atoms with Crippen molar-refractivity contribution in [2.45, 2.75) is 26.2 Å². The standard InChI is InChI=1S/C12H15BrO3/c1-4-16-10-6-8(12(2,3)7-14)5-9(13)11(10)15/h5-7,15H,4H2,1-3H3. The van der Waals surface area contributed by atoms with Crippen LogP contribution in [0.4, 0.5) is 0 Å². The Bertz CT molecular complexity index is 399. The number of benzene rings is 1. The van der Waals surface area contributed by atoms with Gasteiger partial charge in [-0.25, -0.2) is 0 Å². The summed E-state index contributed by atoms with van der Waals surface area (Å²) in [5, 5.41) is 9.73. The molecule has 0 aromatic heterocycles. The molecule has 0 bridgehead atoms. The van der Waals surface area contributed by atoms with E-state index < -0.39 is 5.41 Å². The molecule has 1 rings (SSSR count). The van der Waals surface area contributed by atoms with Gasteiger partial charge in [-0.05, 0) is 54.4 Å². The van der Waals surface area contributed by atoms with E-state index in [0.29, 0.717) is 16.8 Å². The quantitative estimate of drug-likeness (QED) is 0.866. The molecule has 0 aliphatic heterocycles. The van der Waals surface area contributed by atoms with Crippen molar-refractivity contribution in [3.8, 4) is 11.5 Å². The lowest BCUT2D eigenvalue weighted by molar-refractivity contribution is -0.111. The lowest BCUT2D eigenvalue weighted by Crippen LogP contribution is -2.18. The highest BCUT2D eigenvalue weighted by Crippen LogP contribution is 2.38. The predicted molar refractivity (Wildman–Crippen MR) is 66.1 cm³/mol. The third-order valence-electron chi connectivity index (χ3n) is 2.37. The first-order chi connectivity index (χ1) is 7.42. The Labute approximate surface area is 104 Å². The number of halogens is 1. The normalized spacial score (nSPS) is 11.2. The van der Waals surface area contributed by atoms with Crippen LogP contribution in [-0.4, -0.2) is 18.0 Å². The Hall–Kier alpha value is -1.03. The second-order valence-electron chi connectivity index (χ2n) is 4.08. The highest BCUT2D eigenvalue weighted by Gasteiger charge is 2.22. The summed E-state index contributed by atoms with van der Waals surface area (Å²) >= 11 is 3.24. The number of carbonyl (C=O) groups is 1. The summed E-state index contributed by atoms with van der Waals surface area (Å²) in [5.74, 6) is 0.453. The molecule has 3 nitrogen and oxygen atoms in total. The van der Waals surface area contributed by atoms with Crippen LogP contribution in [0, 0.1) is 0 Å². The summed E-state index contributed by atoms with van der Waals surface area (Å²) in [5.41, 5.74) is 0.206. The topological polar surface area (TPSA) is 46.5 Å². The van der Waals surface area contributed by atoms with Gasteiger partial charge in [0.25, 0.3) is 0 Å². The summed E-state index contributed by atoms with van der Waals surface area (Å²) in [6.07, 6.45) is 0.877. The van der Waals surface area contributed by atoms with E-state index >= 15 is 0 Å². The summed E-state index contributed by atoms with van der Waals surface area (Å²) in [7, 11) is 0. The first kappa shape index (κ1) is 13.0. The highest BCUT2D eigenvalue weighted by molar-refractivity contribution is 9.10. The monoisotopic (exact) mass is 286 g/mol. The van der Waals surface area contributed by atoms with Crippen molar-refractivity contribution in [2.75, 3.05) is 6.61 Å². The molecular weight excluding hydrogens is 272 g/mol. The van der Waals surface area contributed by atoms with E-state index in [2.05, 4.69) is 15.9 Å². The Balaban J connectivity index is 3.28. The number of aldehydes is 1. The average molecular weight is 287 g/mol. The Morgan fingerprint density at radius 3 is 2.62 bits per heavy atom. The van der Waals surface area contributed by atoms with E-state index in [1.165, 1.54) is 0 Å². The van der Waals surface area contributed by atoms with E-state index in [1.807, 2.05) is 20.8 Å². The minimum atomic E-state index is -0.595. The molecule has 0 radical (unpaired) electrons. The van der Waals surface area contributed by atoms with Gasteiger partial charge in [0.2, 0.25) is 0 Å². The van der Waals surface area contributed by atoms with Crippen LogP contribution < -0.4 is 4.74 Å².